The van der Waals surface area contributed by atoms with Gasteiger partial charge in [0.15, 0.2) is 11.5 Å². The smallest absolute Gasteiger partial charge is 0.344 e. The van der Waals surface area contributed by atoms with Crippen LogP contribution in [0.2, 0.25) is 0 Å². The minimum Gasteiger partial charge on any atom is -0.493 e. The highest BCUT2D eigenvalue weighted by Crippen LogP contribution is 2.29. The molecule has 3 rings (SSSR count). The fourth-order valence-corrected chi connectivity index (χ4v) is 3.40. The Balaban J connectivity index is 1.58. The zero-order chi connectivity index (χ0) is 22.9. The molecule has 0 heterocycles. The van der Waals surface area contributed by atoms with Gasteiger partial charge < -0.3 is 14.8 Å². The van der Waals surface area contributed by atoms with Crippen molar-refractivity contribution in [1.29, 1.82) is 0 Å². The number of halogens is 1. The van der Waals surface area contributed by atoms with E-state index in [1.807, 2.05) is 43.3 Å². The van der Waals surface area contributed by atoms with Gasteiger partial charge in [0, 0.05) is 9.26 Å². The maximum atomic E-state index is 12.5. The van der Waals surface area contributed by atoms with Gasteiger partial charge in [-0.25, -0.2) is 10.2 Å². The molecule has 0 saturated carbocycles. The first-order chi connectivity index (χ1) is 15.5. The van der Waals surface area contributed by atoms with Crippen LogP contribution in [0.3, 0.4) is 0 Å². The molecule has 3 aromatic rings. The van der Waals surface area contributed by atoms with E-state index in [1.165, 1.54) is 13.3 Å². The summed E-state index contributed by atoms with van der Waals surface area (Å²) in [5.41, 5.74) is 5.57. The molecule has 0 saturated heterocycles. The van der Waals surface area contributed by atoms with Crippen molar-refractivity contribution < 1.29 is 19.1 Å². The van der Waals surface area contributed by atoms with Crippen LogP contribution in [0.5, 0.6) is 11.5 Å². The first kappa shape index (κ1) is 23.3. The van der Waals surface area contributed by atoms with Gasteiger partial charge in [-0.15, -0.1) is 0 Å². The maximum absolute atomic E-state index is 12.5. The van der Waals surface area contributed by atoms with E-state index in [1.54, 1.807) is 30.3 Å². The summed E-state index contributed by atoms with van der Waals surface area (Å²) >= 11 is 2.08. The van der Waals surface area contributed by atoms with Gasteiger partial charge in [-0.1, -0.05) is 30.3 Å². The number of hydrogen-bond donors (Lipinski definition) is 2. The van der Waals surface area contributed by atoms with E-state index in [0.717, 1.165) is 14.8 Å². The van der Waals surface area contributed by atoms with E-state index in [9.17, 15) is 9.59 Å². The number of para-hydroxylation sites is 1. The Kier molecular flexibility index (Phi) is 8.20. The van der Waals surface area contributed by atoms with Gasteiger partial charge in [-0.3, -0.25) is 4.79 Å². The molecule has 0 radical (unpaired) electrons. The Hall–Kier alpha value is -3.40. The molecule has 0 spiro atoms. The summed E-state index contributed by atoms with van der Waals surface area (Å²) in [7, 11) is 1.49. The number of rotatable bonds is 8. The number of ether oxygens (including phenoxy) is 2. The second-order valence-electron chi connectivity index (χ2n) is 6.74. The number of amides is 1. The Bertz CT molecular complexity index is 1150. The first-order valence-corrected chi connectivity index (χ1v) is 10.8. The molecule has 0 atom stereocenters. The van der Waals surface area contributed by atoms with Crippen molar-refractivity contribution in [2.24, 2.45) is 5.10 Å². The number of hydrogen-bond acceptors (Lipinski definition) is 6. The number of nitrogens with one attached hydrogen (secondary N) is 2. The number of carbonyl (C=O) groups is 2. The summed E-state index contributed by atoms with van der Waals surface area (Å²) in [5, 5.41) is 7.04. The van der Waals surface area contributed by atoms with Crippen LogP contribution >= 0.6 is 22.6 Å². The van der Waals surface area contributed by atoms with Crippen molar-refractivity contribution in [3.8, 4) is 11.5 Å². The Morgan fingerprint density at radius 3 is 2.53 bits per heavy atom. The van der Waals surface area contributed by atoms with Crippen LogP contribution in [0.4, 0.5) is 5.69 Å². The van der Waals surface area contributed by atoms with Crippen molar-refractivity contribution in [3.63, 3.8) is 0 Å². The lowest BCUT2D eigenvalue weighted by Gasteiger charge is -2.10. The summed E-state index contributed by atoms with van der Waals surface area (Å²) in [5.74, 6) is -0.0795. The third kappa shape index (κ3) is 6.30. The Labute approximate surface area is 200 Å². The SMILES string of the molecule is COc1cc(/C=N\NC(=O)CNc2ccccc2C)ccc1OC(=O)c1ccccc1I. The molecule has 2 N–H and O–H groups in total. The van der Waals surface area contributed by atoms with Crippen LogP contribution in [-0.2, 0) is 4.79 Å². The summed E-state index contributed by atoms with van der Waals surface area (Å²) in [6.45, 7) is 2.06. The van der Waals surface area contributed by atoms with Crippen LogP contribution in [0.25, 0.3) is 0 Å². The Morgan fingerprint density at radius 1 is 1.03 bits per heavy atom. The fourth-order valence-electron chi connectivity index (χ4n) is 2.80. The van der Waals surface area contributed by atoms with Gasteiger partial charge >= 0.3 is 5.97 Å². The molecule has 8 heteroatoms. The zero-order valence-corrected chi connectivity index (χ0v) is 19.8. The zero-order valence-electron chi connectivity index (χ0n) is 17.6. The van der Waals surface area contributed by atoms with E-state index in [0.29, 0.717) is 22.6 Å². The van der Waals surface area contributed by atoms with Crippen LogP contribution in [0.15, 0.2) is 71.8 Å². The van der Waals surface area contributed by atoms with E-state index < -0.39 is 5.97 Å². The largest absolute Gasteiger partial charge is 0.493 e. The minimum atomic E-state index is -0.469. The van der Waals surface area contributed by atoms with Crippen LogP contribution in [0.1, 0.15) is 21.5 Å². The first-order valence-electron chi connectivity index (χ1n) is 9.74. The second-order valence-corrected chi connectivity index (χ2v) is 7.90. The number of anilines is 1. The van der Waals surface area contributed by atoms with Crippen LogP contribution in [-0.4, -0.2) is 31.7 Å². The van der Waals surface area contributed by atoms with Crippen molar-refractivity contribution in [3.05, 3.63) is 87.0 Å². The summed E-state index contributed by atoms with van der Waals surface area (Å²) in [6, 6.07) is 19.9. The number of benzene rings is 3. The lowest BCUT2D eigenvalue weighted by molar-refractivity contribution is -0.119. The number of esters is 1. The van der Waals surface area contributed by atoms with Gasteiger partial charge in [0.25, 0.3) is 5.91 Å². The number of nitrogens with zero attached hydrogens (tertiary/aromatic N) is 1. The van der Waals surface area contributed by atoms with E-state index in [4.69, 9.17) is 9.47 Å². The van der Waals surface area contributed by atoms with Crippen molar-refractivity contribution >= 4 is 46.4 Å². The van der Waals surface area contributed by atoms with E-state index in [-0.39, 0.29) is 12.5 Å². The van der Waals surface area contributed by atoms with Gasteiger partial charge in [-0.05, 0) is 77.0 Å². The van der Waals surface area contributed by atoms with Gasteiger partial charge in [0.05, 0.1) is 25.4 Å². The summed E-state index contributed by atoms with van der Waals surface area (Å²) < 4.78 is 11.6. The number of carbonyl (C=O) groups excluding carboxylic acids is 2. The molecule has 1 amide bonds. The molecule has 0 unspecified atom stereocenters. The molecule has 0 aliphatic heterocycles. The van der Waals surface area contributed by atoms with Crippen molar-refractivity contribution in [2.45, 2.75) is 6.92 Å². The molecule has 0 bridgehead atoms. The second kappa shape index (κ2) is 11.3. The molecule has 0 aromatic heterocycles. The number of hydrazone groups is 1. The highest BCUT2D eigenvalue weighted by atomic mass is 127. The standard InChI is InChI=1S/C24H22IN3O4/c1-16-7-3-6-10-20(16)26-15-23(29)28-27-14-17-11-12-21(22(13-17)31-2)32-24(30)18-8-4-5-9-19(18)25/h3-14,26H,15H2,1-2H3,(H,28,29)/b27-14-. The van der Waals surface area contributed by atoms with Gasteiger partial charge in [0.1, 0.15) is 0 Å². The fraction of sp³-hybridized carbons (Fsp3) is 0.125. The lowest BCUT2D eigenvalue weighted by atomic mass is 10.2. The topological polar surface area (TPSA) is 89.0 Å². The molecular formula is C24H22IN3O4. The maximum Gasteiger partial charge on any atom is 0.344 e. The highest BCUT2D eigenvalue weighted by molar-refractivity contribution is 14.1. The van der Waals surface area contributed by atoms with Crippen LogP contribution < -0.4 is 20.2 Å². The minimum absolute atomic E-state index is 0.0959. The van der Waals surface area contributed by atoms with Crippen molar-refractivity contribution in [1.82, 2.24) is 5.43 Å². The normalized spacial score (nSPS) is 10.6. The predicted octanol–water partition coefficient (Wildman–Crippen LogP) is 4.39. The third-order valence-electron chi connectivity index (χ3n) is 4.47. The molecule has 0 aliphatic carbocycles. The average molecular weight is 543 g/mol. The molecule has 3 aromatic carbocycles. The predicted molar refractivity (Wildman–Crippen MR) is 133 cm³/mol. The number of methoxy groups -OCH3 is 1. The number of aryl methyl sites for hydroxylation is 1. The average Bonchev–Trinajstić information content (AvgIpc) is 2.79. The quantitative estimate of drug-likeness (QED) is 0.145. The molecule has 164 valence electrons. The van der Waals surface area contributed by atoms with Crippen molar-refractivity contribution in [2.75, 3.05) is 19.0 Å². The molecule has 32 heavy (non-hydrogen) atoms. The summed E-state index contributed by atoms with van der Waals surface area (Å²) in [4.78, 5) is 24.5. The van der Waals surface area contributed by atoms with Crippen LogP contribution in [0, 0.1) is 10.5 Å². The van der Waals surface area contributed by atoms with Gasteiger partial charge in [0.2, 0.25) is 0 Å². The van der Waals surface area contributed by atoms with Gasteiger partial charge in [-0.2, -0.15) is 5.10 Å². The summed E-state index contributed by atoms with van der Waals surface area (Å²) in [6.07, 6.45) is 1.49. The molecule has 0 fully saturated rings. The monoisotopic (exact) mass is 543 g/mol. The Morgan fingerprint density at radius 2 is 1.78 bits per heavy atom. The molecular weight excluding hydrogens is 521 g/mol. The lowest BCUT2D eigenvalue weighted by Crippen LogP contribution is -2.26. The highest BCUT2D eigenvalue weighted by Gasteiger charge is 2.15. The van der Waals surface area contributed by atoms with E-state index >= 15 is 0 Å². The molecule has 0 aliphatic rings. The molecule has 7 nitrogen and oxygen atoms in total. The van der Waals surface area contributed by atoms with E-state index in [2.05, 4.69) is 38.4 Å². The third-order valence-corrected chi connectivity index (χ3v) is 5.41.